The molecule has 3 aromatic carbocycles. The largest absolute Gasteiger partial charge is 0.494 e. The van der Waals surface area contributed by atoms with Gasteiger partial charge in [-0.05, 0) is 60.4 Å². The van der Waals surface area contributed by atoms with E-state index >= 15 is 0 Å². The molecule has 11 nitrogen and oxygen atoms in total. The van der Waals surface area contributed by atoms with Crippen LogP contribution in [0.4, 0.5) is 29.3 Å². The number of hydrogen-bond donors (Lipinski definition) is 3. The van der Waals surface area contributed by atoms with Crippen molar-refractivity contribution in [1.82, 2.24) is 4.90 Å². The second-order valence-electron chi connectivity index (χ2n) is 10.1. The molecule has 0 aromatic heterocycles. The molecule has 3 aromatic rings. The molecule has 0 aliphatic carbocycles. The number of nitrogens with one attached hydrogen (secondary N) is 2. The Morgan fingerprint density at radius 1 is 1.02 bits per heavy atom. The van der Waals surface area contributed by atoms with Crippen molar-refractivity contribution < 1.29 is 45.4 Å². The number of anilines is 2. The van der Waals surface area contributed by atoms with Crippen LogP contribution in [0.3, 0.4) is 0 Å². The minimum atomic E-state index is -3.81. The Morgan fingerprint density at radius 2 is 1.76 bits per heavy atom. The van der Waals surface area contributed by atoms with Gasteiger partial charge in [-0.15, -0.1) is 0 Å². The Labute approximate surface area is 257 Å². The molecule has 0 radical (unpaired) electrons. The number of nitrogens with zero attached hydrogens (tertiary/aromatic N) is 1. The van der Waals surface area contributed by atoms with E-state index in [9.17, 15) is 36.0 Å². The van der Waals surface area contributed by atoms with Crippen molar-refractivity contribution in [3.63, 3.8) is 0 Å². The average molecular weight is 649 g/mol. The van der Waals surface area contributed by atoms with Gasteiger partial charge in [0.15, 0.2) is 21.4 Å². The van der Waals surface area contributed by atoms with Crippen molar-refractivity contribution >= 4 is 39.1 Å². The number of carbonyl (C=O) groups excluding carboxylic acids is 3. The molecule has 0 bridgehead atoms. The molecule has 4 rings (SSSR count). The predicted molar refractivity (Wildman–Crippen MR) is 158 cm³/mol. The summed E-state index contributed by atoms with van der Waals surface area (Å²) in [5, 5.41) is 5.19. The number of likely N-dealkylation sites (tertiary alicyclic amines) is 1. The van der Waals surface area contributed by atoms with Gasteiger partial charge in [0.2, 0.25) is 5.91 Å². The number of methoxy groups -OCH3 is 2. The minimum absolute atomic E-state index is 0.0474. The third-order valence-corrected chi connectivity index (χ3v) is 9.23. The molecule has 0 spiro atoms. The Bertz CT molecular complexity index is 1750. The molecule has 1 saturated heterocycles. The van der Waals surface area contributed by atoms with Crippen LogP contribution >= 0.6 is 0 Å². The number of ether oxygens (including phenoxy) is 2. The van der Waals surface area contributed by atoms with Gasteiger partial charge in [-0.25, -0.2) is 26.4 Å². The molecule has 240 valence electrons. The van der Waals surface area contributed by atoms with Gasteiger partial charge in [-0.1, -0.05) is 13.0 Å². The van der Waals surface area contributed by atoms with Gasteiger partial charge < -0.3 is 25.4 Å². The van der Waals surface area contributed by atoms with E-state index in [0.717, 1.165) is 19.2 Å². The molecule has 0 saturated carbocycles. The van der Waals surface area contributed by atoms with E-state index in [1.807, 2.05) is 0 Å². The van der Waals surface area contributed by atoms with Crippen LogP contribution in [0.25, 0.3) is 0 Å². The number of amides is 3. The summed E-state index contributed by atoms with van der Waals surface area (Å²) < 4.78 is 79.5. The summed E-state index contributed by atoms with van der Waals surface area (Å²) in [6.07, 6.45) is -0.0134. The third-order valence-electron chi connectivity index (χ3n) is 7.43. The topological polar surface area (TPSA) is 157 Å². The maximum atomic E-state index is 15.0. The molecule has 4 N–H and O–H groups in total. The minimum Gasteiger partial charge on any atom is -0.494 e. The van der Waals surface area contributed by atoms with Gasteiger partial charge >= 0.3 is 6.09 Å². The molecule has 2 atom stereocenters. The molecule has 3 amide bonds. The number of primary amides is 1. The zero-order valence-electron chi connectivity index (χ0n) is 24.5. The molecule has 1 aliphatic heterocycles. The fourth-order valence-corrected chi connectivity index (χ4v) is 6.30. The highest BCUT2D eigenvalue weighted by molar-refractivity contribution is 7.91. The monoisotopic (exact) mass is 648 g/mol. The van der Waals surface area contributed by atoms with Crippen molar-refractivity contribution in [3.8, 4) is 5.75 Å². The summed E-state index contributed by atoms with van der Waals surface area (Å²) in [6.45, 7) is 1.62. The SMILES string of the molecule is CCS(=O)(=O)c1ccc(NC(=O)OC)cc1[C@H]1CCCN1C(=O)[C@@H](Nc1cc(C(N)=O)c(F)cc1F)c1ccc(F)c(OC)c1. The second-order valence-corrected chi connectivity index (χ2v) is 12.4. The van der Waals surface area contributed by atoms with Crippen LogP contribution in [0.15, 0.2) is 53.4 Å². The summed E-state index contributed by atoms with van der Waals surface area (Å²) in [6, 6.07) is 6.69. The smallest absolute Gasteiger partial charge is 0.411 e. The zero-order chi connectivity index (χ0) is 33.1. The quantitative estimate of drug-likeness (QED) is 0.286. The Morgan fingerprint density at radius 3 is 2.40 bits per heavy atom. The summed E-state index contributed by atoms with van der Waals surface area (Å²) in [4.78, 5) is 39.4. The van der Waals surface area contributed by atoms with E-state index in [2.05, 4.69) is 15.4 Å². The predicted octanol–water partition coefficient (Wildman–Crippen LogP) is 4.70. The summed E-state index contributed by atoms with van der Waals surface area (Å²) in [5.41, 5.74) is 4.73. The van der Waals surface area contributed by atoms with E-state index in [1.54, 1.807) is 0 Å². The van der Waals surface area contributed by atoms with Gasteiger partial charge in [-0.2, -0.15) is 0 Å². The van der Waals surface area contributed by atoms with Crippen molar-refractivity contribution in [2.45, 2.75) is 36.7 Å². The second kappa shape index (κ2) is 13.5. The van der Waals surface area contributed by atoms with Crippen LogP contribution < -0.4 is 21.1 Å². The number of nitrogens with two attached hydrogens (primary N) is 1. The standard InChI is InChI=1S/C30H31F3N4O7S/c1-4-45(41,42)26-10-8-17(35-30(40)44-3)13-19(26)24-6-5-11-37(24)29(39)27(16-7-9-20(31)25(12-16)43-2)36-23-14-18(28(34)38)21(32)15-22(23)33/h7-10,12-15,24,27,36H,4-6,11H2,1-3H3,(H2,34,38)(H,35,40)/t24-,27+/m1/s1. The fourth-order valence-electron chi connectivity index (χ4n) is 5.16. The van der Waals surface area contributed by atoms with Gasteiger partial charge in [0.05, 0.1) is 42.2 Å². The molecule has 1 heterocycles. The maximum absolute atomic E-state index is 15.0. The molecule has 1 aliphatic rings. The van der Waals surface area contributed by atoms with Gasteiger partial charge in [-0.3, -0.25) is 14.9 Å². The highest BCUT2D eigenvalue weighted by atomic mass is 32.2. The van der Waals surface area contributed by atoms with Crippen molar-refractivity contribution in [1.29, 1.82) is 0 Å². The molecule has 15 heteroatoms. The highest BCUT2D eigenvalue weighted by Gasteiger charge is 2.38. The highest BCUT2D eigenvalue weighted by Crippen LogP contribution is 2.40. The number of halogens is 3. The van der Waals surface area contributed by atoms with Crippen LogP contribution in [0.2, 0.25) is 0 Å². The molecular formula is C30H31F3N4O7S. The summed E-state index contributed by atoms with van der Waals surface area (Å²) in [7, 11) is -1.43. The van der Waals surface area contributed by atoms with Crippen LogP contribution in [0.5, 0.6) is 5.75 Å². The lowest BCUT2D eigenvalue weighted by Crippen LogP contribution is -2.38. The Balaban J connectivity index is 1.84. The van der Waals surface area contributed by atoms with Crippen LogP contribution in [-0.4, -0.2) is 57.7 Å². The Hall–Kier alpha value is -4.79. The van der Waals surface area contributed by atoms with Crippen LogP contribution in [-0.2, 0) is 19.4 Å². The summed E-state index contributed by atoms with van der Waals surface area (Å²) >= 11 is 0. The van der Waals surface area contributed by atoms with E-state index in [0.29, 0.717) is 18.9 Å². The lowest BCUT2D eigenvalue weighted by atomic mass is 10.0. The normalized spacial score (nSPS) is 15.3. The Kier molecular flexibility index (Phi) is 9.91. The lowest BCUT2D eigenvalue weighted by molar-refractivity contribution is -0.133. The number of benzene rings is 3. The lowest BCUT2D eigenvalue weighted by Gasteiger charge is -2.31. The van der Waals surface area contributed by atoms with E-state index < -0.39 is 68.5 Å². The van der Waals surface area contributed by atoms with Gasteiger partial charge in [0, 0.05) is 18.3 Å². The van der Waals surface area contributed by atoms with E-state index in [4.69, 9.17) is 10.5 Å². The molecular weight excluding hydrogens is 617 g/mol. The first kappa shape index (κ1) is 33.1. The fraction of sp³-hybridized carbons (Fsp3) is 0.300. The third kappa shape index (κ3) is 6.98. The van der Waals surface area contributed by atoms with Crippen LogP contribution in [0, 0.1) is 17.5 Å². The number of sulfone groups is 1. The first-order chi connectivity index (χ1) is 21.3. The first-order valence-corrected chi connectivity index (χ1v) is 15.4. The molecule has 0 unspecified atom stereocenters. The zero-order valence-corrected chi connectivity index (χ0v) is 25.3. The maximum Gasteiger partial charge on any atom is 0.411 e. The number of carbonyl (C=O) groups is 3. The molecule has 45 heavy (non-hydrogen) atoms. The van der Waals surface area contributed by atoms with Crippen molar-refractivity contribution in [3.05, 3.63) is 82.7 Å². The summed E-state index contributed by atoms with van der Waals surface area (Å²) in [5.74, 6) is -5.40. The number of rotatable bonds is 10. The van der Waals surface area contributed by atoms with Gasteiger partial charge in [0.25, 0.3) is 5.91 Å². The first-order valence-electron chi connectivity index (χ1n) is 13.7. The van der Waals surface area contributed by atoms with Crippen LogP contribution in [0.1, 0.15) is 53.3 Å². The van der Waals surface area contributed by atoms with Crippen molar-refractivity contribution in [2.75, 3.05) is 37.2 Å². The van der Waals surface area contributed by atoms with E-state index in [-0.39, 0.29) is 39.8 Å². The van der Waals surface area contributed by atoms with Crippen molar-refractivity contribution in [2.24, 2.45) is 5.73 Å². The number of hydrogen-bond acceptors (Lipinski definition) is 8. The molecule has 1 fully saturated rings. The van der Waals surface area contributed by atoms with Gasteiger partial charge in [0.1, 0.15) is 17.7 Å². The average Bonchev–Trinajstić information content (AvgIpc) is 3.50. The van der Waals surface area contributed by atoms with E-state index in [1.165, 1.54) is 49.3 Å².